The average Bonchev–Trinajstić information content (AvgIpc) is 3.41. The van der Waals surface area contributed by atoms with Gasteiger partial charge in [-0.2, -0.15) is 4.98 Å². The van der Waals surface area contributed by atoms with E-state index in [4.69, 9.17) is 18.7 Å². The van der Waals surface area contributed by atoms with E-state index in [0.29, 0.717) is 27.8 Å². The predicted molar refractivity (Wildman–Crippen MR) is 98.3 cm³/mol. The van der Waals surface area contributed by atoms with Crippen LogP contribution in [0.1, 0.15) is 32.4 Å². The fourth-order valence-corrected chi connectivity index (χ4v) is 4.18. The number of nitrogens with zero attached hydrogens (tertiary/aromatic N) is 2. The maximum atomic E-state index is 12.2. The molecule has 1 aromatic carbocycles. The van der Waals surface area contributed by atoms with E-state index in [0.717, 1.165) is 19.3 Å². The third-order valence-electron chi connectivity index (χ3n) is 4.39. The number of aromatic nitrogens is 2. The van der Waals surface area contributed by atoms with Crippen LogP contribution in [0.4, 0.5) is 0 Å². The van der Waals surface area contributed by atoms with Crippen molar-refractivity contribution < 1.29 is 23.5 Å². The molecule has 0 bridgehead atoms. The normalized spacial score (nSPS) is 12.7. The molecule has 7 nitrogen and oxygen atoms in total. The number of hydrogen-bond acceptors (Lipinski definition) is 8. The maximum Gasteiger partial charge on any atom is 0.348 e. The largest absolute Gasteiger partial charge is 0.497 e. The van der Waals surface area contributed by atoms with E-state index in [2.05, 4.69) is 10.1 Å². The Hall–Kier alpha value is -2.87. The highest BCUT2D eigenvalue weighted by Gasteiger charge is 2.20. The minimum Gasteiger partial charge on any atom is -0.497 e. The SMILES string of the molecule is COc1ccc(-c2noc(COC(=O)c3cc4c(s3)CCC4)n2)c(OC)c1. The highest BCUT2D eigenvalue weighted by molar-refractivity contribution is 7.14. The van der Waals surface area contributed by atoms with Gasteiger partial charge in [-0.05, 0) is 43.0 Å². The first kappa shape index (κ1) is 17.5. The van der Waals surface area contributed by atoms with Crippen LogP contribution in [0.5, 0.6) is 11.5 Å². The summed E-state index contributed by atoms with van der Waals surface area (Å²) in [6.07, 6.45) is 3.25. The summed E-state index contributed by atoms with van der Waals surface area (Å²) < 4.78 is 21.1. The smallest absolute Gasteiger partial charge is 0.348 e. The number of carbonyl (C=O) groups is 1. The van der Waals surface area contributed by atoms with Crippen LogP contribution in [0.25, 0.3) is 11.4 Å². The van der Waals surface area contributed by atoms with Crippen LogP contribution >= 0.6 is 11.3 Å². The predicted octanol–water partition coefficient (Wildman–Crippen LogP) is 3.66. The number of benzene rings is 1. The Labute approximate surface area is 159 Å². The third kappa shape index (κ3) is 3.52. The third-order valence-corrected chi connectivity index (χ3v) is 5.61. The van der Waals surface area contributed by atoms with E-state index < -0.39 is 0 Å². The monoisotopic (exact) mass is 386 g/mol. The Kier molecular flexibility index (Phi) is 4.81. The van der Waals surface area contributed by atoms with Crippen molar-refractivity contribution in [3.63, 3.8) is 0 Å². The Balaban J connectivity index is 1.44. The molecule has 0 N–H and O–H groups in total. The molecule has 3 aromatic rings. The van der Waals surface area contributed by atoms with Gasteiger partial charge in [0.05, 0.1) is 19.8 Å². The Morgan fingerprint density at radius 1 is 1.22 bits per heavy atom. The fraction of sp³-hybridized carbons (Fsp3) is 0.316. The van der Waals surface area contributed by atoms with E-state index in [1.54, 1.807) is 32.4 Å². The van der Waals surface area contributed by atoms with Gasteiger partial charge in [-0.1, -0.05) is 5.16 Å². The molecular formula is C19H18N2O5S. The number of rotatable bonds is 6. The van der Waals surface area contributed by atoms with Crippen LogP contribution in [0, 0.1) is 0 Å². The second-order valence-corrected chi connectivity index (χ2v) is 7.20. The van der Waals surface area contributed by atoms with E-state index >= 15 is 0 Å². The number of methoxy groups -OCH3 is 2. The lowest BCUT2D eigenvalue weighted by molar-refractivity contribution is 0.0435. The van der Waals surface area contributed by atoms with E-state index in [1.807, 2.05) is 6.07 Å². The quantitative estimate of drug-likeness (QED) is 0.598. The van der Waals surface area contributed by atoms with Crippen molar-refractivity contribution in [1.29, 1.82) is 0 Å². The van der Waals surface area contributed by atoms with E-state index in [-0.39, 0.29) is 18.5 Å². The molecule has 0 spiro atoms. The summed E-state index contributed by atoms with van der Waals surface area (Å²) in [5.41, 5.74) is 1.92. The van der Waals surface area contributed by atoms with Crippen LogP contribution in [0.3, 0.4) is 0 Å². The molecule has 1 aliphatic carbocycles. The fourth-order valence-electron chi connectivity index (χ4n) is 3.03. The molecule has 0 radical (unpaired) electrons. The number of hydrogen-bond donors (Lipinski definition) is 0. The molecule has 0 aliphatic heterocycles. The van der Waals surface area contributed by atoms with Gasteiger partial charge in [0, 0.05) is 10.9 Å². The zero-order valence-electron chi connectivity index (χ0n) is 15.0. The first-order valence-electron chi connectivity index (χ1n) is 8.51. The lowest BCUT2D eigenvalue weighted by Gasteiger charge is -2.07. The van der Waals surface area contributed by atoms with Gasteiger partial charge in [0.2, 0.25) is 5.82 Å². The second-order valence-electron chi connectivity index (χ2n) is 6.07. The second kappa shape index (κ2) is 7.40. The van der Waals surface area contributed by atoms with Gasteiger partial charge in [-0.25, -0.2) is 4.79 Å². The van der Waals surface area contributed by atoms with Gasteiger partial charge in [-0.3, -0.25) is 0 Å². The number of ether oxygens (including phenoxy) is 3. The zero-order valence-corrected chi connectivity index (χ0v) is 15.8. The lowest BCUT2D eigenvalue weighted by atomic mass is 10.2. The molecule has 0 saturated heterocycles. The first-order chi connectivity index (χ1) is 13.2. The Bertz CT molecular complexity index is 957. The Morgan fingerprint density at radius 2 is 2.11 bits per heavy atom. The van der Waals surface area contributed by atoms with Crippen molar-refractivity contribution in [3.05, 3.63) is 45.5 Å². The summed E-state index contributed by atoms with van der Waals surface area (Å²) >= 11 is 1.51. The summed E-state index contributed by atoms with van der Waals surface area (Å²) in [7, 11) is 3.14. The number of carbonyl (C=O) groups excluding carboxylic acids is 1. The van der Waals surface area contributed by atoms with Gasteiger partial charge >= 0.3 is 5.97 Å². The van der Waals surface area contributed by atoms with Crippen molar-refractivity contribution in [1.82, 2.24) is 10.1 Å². The van der Waals surface area contributed by atoms with Gasteiger partial charge in [0.15, 0.2) is 6.61 Å². The van der Waals surface area contributed by atoms with Crippen molar-refractivity contribution in [2.24, 2.45) is 0 Å². The van der Waals surface area contributed by atoms with Crippen molar-refractivity contribution in [2.45, 2.75) is 25.9 Å². The molecule has 0 amide bonds. The molecular weight excluding hydrogens is 368 g/mol. The van der Waals surface area contributed by atoms with Gasteiger partial charge in [0.1, 0.15) is 16.4 Å². The number of aryl methyl sites for hydroxylation is 2. The summed E-state index contributed by atoms with van der Waals surface area (Å²) in [6, 6.07) is 7.23. The Morgan fingerprint density at radius 3 is 2.89 bits per heavy atom. The molecule has 2 aromatic heterocycles. The van der Waals surface area contributed by atoms with Gasteiger partial charge < -0.3 is 18.7 Å². The molecule has 4 rings (SSSR count). The van der Waals surface area contributed by atoms with Crippen LogP contribution < -0.4 is 9.47 Å². The molecule has 0 saturated carbocycles. The summed E-state index contributed by atoms with van der Waals surface area (Å²) in [6.45, 7) is -0.0765. The number of fused-ring (bicyclic) bond motifs is 1. The number of thiophene rings is 1. The standard InChI is InChI=1S/C19H18N2O5S/c1-23-12-6-7-13(14(9-12)24-2)18-20-17(26-21-18)10-25-19(22)16-8-11-4-3-5-15(11)27-16/h6-9H,3-5,10H2,1-2H3. The van der Waals surface area contributed by atoms with Crippen LogP contribution in [0.15, 0.2) is 28.8 Å². The zero-order chi connectivity index (χ0) is 18.8. The molecule has 0 unspecified atom stereocenters. The van der Waals surface area contributed by atoms with Crippen molar-refractivity contribution in [3.8, 4) is 22.9 Å². The average molecular weight is 386 g/mol. The topological polar surface area (TPSA) is 83.7 Å². The van der Waals surface area contributed by atoms with E-state index in [9.17, 15) is 4.79 Å². The van der Waals surface area contributed by atoms with Crippen molar-refractivity contribution in [2.75, 3.05) is 14.2 Å². The molecule has 0 fully saturated rings. The molecule has 8 heteroatoms. The van der Waals surface area contributed by atoms with Gasteiger partial charge in [-0.15, -0.1) is 11.3 Å². The van der Waals surface area contributed by atoms with E-state index in [1.165, 1.54) is 21.8 Å². The van der Waals surface area contributed by atoms with Crippen LogP contribution in [-0.4, -0.2) is 30.3 Å². The minimum absolute atomic E-state index is 0.0765. The van der Waals surface area contributed by atoms with Crippen molar-refractivity contribution >= 4 is 17.3 Å². The molecule has 27 heavy (non-hydrogen) atoms. The first-order valence-corrected chi connectivity index (χ1v) is 9.33. The summed E-state index contributed by atoms with van der Waals surface area (Å²) in [4.78, 5) is 18.4. The lowest BCUT2D eigenvalue weighted by Crippen LogP contribution is -2.03. The van der Waals surface area contributed by atoms with Crippen LogP contribution in [-0.2, 0) is 24.2 Å². The summed E-state index contributed by atoms with van der Waals surface area (Å²) in [5, 5.41) is 3.95. The molecule has 1 aliphatic rings. The minimum atomic E-state index is -0.365. The molecule has 2 heterocycles. The molecule has 140 valence electrons. The summed E-state index contributed by atoms with van der Waals surface area (Å²) in [5.74, 6) is 1.44. The number of esters is 1. The maximum absolute atomic E-state index is 12.2. The van der Waals surface area contributed by atoms with Gasteiger partial charge in [0.25, 0.3) is 5.89 Å². The highest BCUT2D eigenvalue weighted by Crippen LogP contribution is 2.32. The molecule has 0 atom stereocenters. The van der Waals surface area contributed by atoms with Crippen LogP contribution in [0.2, 0.25) is 0 Å². The highest BCUT2D eigenvalue weighted by atomic mass is 32.1.